The molecule has 1 saturated heterocycles. The molecule has 1 N–H and O–H groups in total. The third-order valence-electron chi connectivity index (χ3n) is 4.50. The van der Waals surface area contributed by atoms with E-state index >= 15 is 0 Å². The van der Waals surface area contributed by atoms with Gasteiger partial charge in [0.25, 0.3) is 5.91 Å². The number of hydrogen-bond donors (Lipinski definition) is 1. The highest BCUT2D eigenvalue weighted by Crippen LogP contribution is 2.23. The Hall–Kier alpha value is -1.35. The highest BCUT2D eigenvalue weighted by molar-refractivity contribution is 5.94. The summed E-state index contributed by atoms with van der Waals surface area (Å²) in [4.78, 5) is 14.7. The topological polar surface area (TPSA) is 32.3 Å². The van der Waals surface area contributed by atoms with Gasteiger partial charge in [-0.3, -0.25) is 4.79 Å². The molecule has 3 nitrogen and oxygen atoms in total. The summed E-state index contributed by atoms with van der Waals surface area (Å²) in [6.45, 7) is 8.22. The van der Waals surface area contributed by atoms with E-state index in [0.717, 1.165) is 38.2 Å². The number of carbonyl (C=O) groups is 1. The molecule has 0 aliphatic carbocycles. The molecule has 108 valence electrons. The summed E-state index contributed by atoms with van der Waals surface area (Å²) in [6.07, 6.45) is 2.31. The van der Waals surface area contributed by atoms with Crippen molar-refractivity contribution in [3.05, 3.63) is 34.9 Å². The SMILES string of the molecule is CC1CC(C)CN(C(=O)c2ccc3c(c2)CNCC3)C1. The summed E-state index contributed by atoms with van der Waals surface area (Å²) in [7, 11) is 0. The summed E-state index contributed by atoms with van der Waals surface area (Å²) in [5, 5.41) is 3.38. The Kier molecular flexibility index (Phi) is 3.79. The zero-order valence-corrected chi connectivity index (χ0v) is 12.5. The first-order valence-corrected chi connectivity index (χ1v) is 7.75. The van der Waals surface area contributed by atoms with Gasteiger partial charge in [0.15, 0.2) is 0 Å². The highest BCUT2D eigenvalue weighted by atomic mass is 16.2. The quantitative estimate of drug-likeness (QED) is 0.851. The average molecular weight is 272 g/mol. The Labute approximate surface area is 121 Å². The largest absolute Gasteiger partial charge is 0.338 e. The van der Waals surface area contributed by atoms with Crippen molar-refractivity contribution in [2.45, 2.75) is 33.2 Å². The molecular weight excluding hydrogens is 248 g/mol. The molecule has 2 aliphatic heterocycles. The molecule has 2 unspecified atom stereocenters. The van der Waals surface area contributed by atoms with Crippen LogP contribution in [0.1, 0.15) is 41.8 Å². The van der Waals surface area contributed by atoms with Crippen LogP contribution >= 0.6 is 0 Å². The van der Waals surface area contributed by atoms with Gasteiger partial charge < -0.3 is 10.2 Å². The van der Waals surface area contributed by atoms with Crippen LogP contribution in [0.25, 0.3) is 0 Å². The maximum absolute atomic E-state index is 12.7. The lowest BCUT2D eigenvalue weighted by atomic mass is 9.91. The standard InChI is InChI=1S/C17H24N2O/c1-12-7-13(2)11-19(10-12)17(20)15-4-3-14-5-6-18-9-16(14)8-15/h3-4,8,12-13,18H,5-7,9-11H2,1-2H3. The molecule has 3 heteroatoms. The van der Waals surface area contributed by atoms with Gasteiger partial charge in [-0.2, -0.15) is 0 Å². The second kappa shape index (κ2) is 5.57. The molecule has 2 atom stereocenters. The minimum atomic E-state index is 0.205. The Bertz CT molecular complexity index is 502. The van der Waals surface area contributed by atoms with E-state index in [9.17, 15) is 4.79 Å². The number of nitrogens with zero attached hydrogens (tertiary/aromatic N) is 1. The van der Waals surface area contributed by atoms with Crippen LogP contribution in [0.3, 0.4) is 0 Å². The van der Waals surface area contributed by atoms with E-state index in [1.54, 1.807) is 0 Å². The summed E-state index contributed by atoms with van der Waals surface area (Å²) >= 11 is 0. The van der Waals surface area contributed by atoms with Crippen molar-refractivity contribution in [2.24, 2.45) is 11.8 Å². The Morgan fingerprint density at radius 2 is 1.95 bits per heavy atom. The minimum absolute atomic E-state index is 0.205. The van der Waals surface area contributed by atoms with Gasteiger partial charge in [0.1, 0.15) is 0 Å². The molecule has 3 rings (SSSR count). The number of carbonyl (C=O) groups excluding carboxylic acids is 1. The van der Waals surface area contributed by atoms with Gasteiger partial charge >= 0.3 is 0 Å². The summed E-state index contributed by atoms with van der Waals surface area (Å²) in [6, 6.07) is 6.24. The van der Waals surface area contributed by atoms with Crippen LogP contribution < -0.4 is 5.32 Å². The summed E-state index contributed by atoms with van der Waals surface area (Å²) < 4.78 is 0. The zero-order valence-electron chi connectivity index (χ0n) is 12.5. The van der Waals surface area contributed by atoms with Gasteiger partial charge in [0.05, 0.1) is 0 Å². The molecule has 0 saturated carbocycles. The van der Waals surface area contributed by atoms with Crippen molar-refractivity contribution in [1.29, 1.82) is 0 Å². The van der Waals surface area contributed by atoms with Crippen LogP contribution in [0.2, 0.25) is 0 Å². The number of rotatable bonds is 1. The lowest BCUT2D eigenvalue weighted by molar-refractivity contribution is 0.0623. The van der Waals surface area contributed by atoms with E-state index < -0.39 is 0 Å². The first-order chi connectivity index (χ1) is 9.63. The molecule has 1 amide bonds. The summed E-state index contributed by atoms with van der Waals surface area (Å²) in [5.41, 5.74) is 3.54. The minimum Gasteiger partial charge on any atom is -0.338 e. The van der Waals surface area contributed by atoms with Crippen LogP contribution in [-0.2, 0) is 13.0 Å². The van der Waals surface area contributed by atoms with Crippen LogP contribution in [0.15, 0.2) is 18.2 Å². The molecule has 2 heterocycles. The van der Waals surface area contributed by atoms with Gasteiger partial charge in [-0.05, 0) is 54.5 Å². The molecule has 20 heavy (non-hydrogen) atoms. The van der Waals surface area contributed by atoms with Crippen molar-refractivity contribution < 1.29 is 4.79 Å². The second-order valence-electron chi connectivity index (χ2n) is 6.57. The first kappa shape index (κ1) is 13.6. The molecule has 2 aliphatic rings. The van der Waals surface area contributed by atoms with E-state index in [4.69, 9.17) is 0 Å². The van der Waals surface area contributed by atoms with Crippen LogP contribution in [0.5, 0.6) is 0 Å². The molecular formula is C17H24N2O. The van der Waals surface area contributed by atoms with Crippen molar-refractivity contribution in [2.75, 3.05) is 19.6 Å². The predicted octanol–water partition coefficient (Wildman–Crippen LogP) is 2.45. The molecule has 0 aromatic heterocycles. The van der Waals surface area contributed by atoms with Gasteiger partial charge in [-0.15, -0.1) is 0 Å². The van der Waals surface area contributed by atoms with Crippen LogP contribution in [0, 0.1) is 11.8 Å². The molecule has 0 radical (unpaired) electrons. The van der Waals surface area contributed by atoms with Crippen LogP contribution in [0.4, 0.5) is 0 Å². The summed E-state index contributed by atoms with van der Waals surface area (Å²) in [5.74, 6) is 1.43. The average Bonchev–Trinajstić information content (AvgIpc) is 2.45. The number of amides is 1. The van der Waals surface area contributed by atoms with E-state index in [1.807, 2.05) is 11.0 Å². The maximum atomic E-state index is 12.7. The van der Waals surface area contributed by atoms with Gasteiger partial charge in [0.2, 0.25) is 0 Å². The number of benzene rings is 1. The predicted molar refractivity (Wildman–Crippen MR) is 80.7 cm³/mol. The zero-order chi connectivity index (χ0) is 14.1. The fraction of sp³-hybridized carbons (Fsp3) is 0.588. The Balaban J connectivity index is 1.79. The third kappa shape index (κ3) is 2.73. The van der Waals surface area contributed by atoms with Crippen molar-refractivity contribution in [3.63, 3.8) is 0 Å². The Morgan fingerprint density at radius 3 is 2.70 bits per heavy atom. The molecule has 1 fully saturated rings. The normalized spacial score (nSPS) is 26.2. The van der Waals surface area contributed by atoms with E-state index in [2.05, 4.69) is 31.3 Å². The fourth-order valence-corrected chi connectivity index (χ4v) is 3.62. The van der Waals surface area contributed by atoms with Crippen LogP contribution in [-0.4, -0.2) is 30.4 Å². The first-order valence-electron chi connectivity index (χ1n) is 7.75. The number of likely N-dealkylation sites (tertiary alicyclic amines) is 1. The maximum Gasteiger partial charge on any atom is 0.253 e. The van der Waals surface area contributed by atoms with Gasteiger partial charge in [-0.25, -0.2) is 0 Å². The van der Waals surface area contributed by atoms with Crippen molar-refractivity contribution in [3.8, 4) is 0 Å². The Morgan fingerprint density at radius 1 is 1.20 bits per heavy atom. The molecule has 1 aromatic rings. The van der Waals surface area contributed by atoms with Crippen molar-refractivity contribution >= 4 is 5.91 Å². The fourth-order valence-electron chi connectivity index (χ4n) is 3.62. The monoisotopic (exact) mass is 272 g/mol. The molecule has 0 spiro atoms. The van der Waals surface area contributed by atoms with E-state index in [1.165, 1.54) is 17.5 Å². The van der Waals surface area contributed by atoms with Crippen molar-refractivity contribution in [1.82, 2.24) is 10.2 Å². The second-order valence-corrected chi connectivity index (χ2v) is 6.57. The van der Waals surface area contributed by atoms with Gasteiger partial charge in [0, 0.05) is 25.2 Å². The smallest absolute Gasteiger partial charge is 0.253 e. The lowest BCUT2D eigenvalue weighted by Crippen LogP contribution is -2.42. The third-order valence-corrected chi connectivity index (χ3v) is 4.50. The van der Waals surface area contributed by atoms with E-state index in [-0.39, 0.29) is 5.91 Å². The number of fused-ring (bicyclic) bond motifs is 1. The lowest BCUT2D eigenvalue weighted by Gasteiger charge is -2.35. The number of nitrogens with one attached hydrogen (secondary N) is 1. The number of piperidine rings is 1. The van der Waals surface area contributed by atoms with E-state index in [0.29, 0.717) is 11.8 Å². The molecule has 1 aromatic carbocycles. The molecule has 0 bridgehead atoms. The van der Waals surface area contributed by atoms with Gasteiger partial charge in [-0.1, -0.05) is 19.9 Å². The number of hydrogen-bond acceptors (Lipinski definition) is 2. The highest BCUT2D eigenvalue weighted by Gasteiger charge is 2.26.